The molecule has 2 N–H and O–H groups in total. The van der Waals surface area contributed by atoms with E-state index in [1.807, 2.05) is 36.4 Å². The summed E-state index contributed by atoms with van der Waals surface area (Å²) in [6, 6.07) is 16.6. The van der Waals surface area contributed by atoms with Crippen LogP contribution in [0, 0.1) is 17.3 Å². The van der Waals surface area contributed by atoms with Crippen LogP contribution >= 0.6 is 0 Å². The van der Waals surface area contributed by atoms with Crippen molar-refractivity contribution in [2.45, 2.75) is 63.4 Å². The number of ketones is 2. The molecule has 6 nitrogen and oxygen atoms in total. The van der Waals surface area contributed by atoms with Gasteiger partial charge in [-0.15, -0.1) is 0 Å². The SMILES string of the molecule is COC[C@]1(O)CC[C@H]2[C@@H]3CCC4=CC(=O)CCC4=C3[C@@H](c3ccc(/C(=N\O)C(=O)c4ccccc4)cc3)C[C@@]21C. The van der Waals surface area contributed by atoms with Crippen LogP contribution in [0.15, 0.2) is 82.5 Å². The van der Waals surface area contributed by atoms with Gasteiger partial charge in [-0.25, -0.2) is 0 Å². The number of carbonyl (C=O) groups excluding carboxylic acids is 2. The van der Waals surface area contributed by atoms with Crippen molar-refractivity contribution in [1.82, 2.24) is 0 Å². The fourth-order valence-corrected chi connectivity index (χ4v) is 8.36. The lowest BCUT2D eigenvalue weighted by atomic mass is 9.51. The molecule has 0 unspecified atom stereocenters. The molecular weight excluding hydrogens is 502 g/mol. The predicted octanol–water partition coefficient (Wildman–Crippen LogP) is 6.02. The first-order valence-electron chi connectivity index (χ1n) is 14.4. The molecule has 0 aliphatic heterocycles. The normalized spacial score (nSPS) is 31.8. The van der Waals surface area contributed by atoms with Crippen LogP contribution in [0.5, 0.6) is 0 Å². The average Bonchev–Trinajstić information content (AvgIpc) is 3.23. The molecule has 4 aliphatic rings. The Morgan fingerprint density at radius 2 is 1.77 bits per heavy atom. The predicted molar refractivity (Wildman–Crippen MR) is 153 cm³/mol. The molecule has 6 heteroatoms. The molecule has 2 aromatic carbocycles. The molecule has 0 saturated heterocycles. The van der Waals surface area contributed by atoms with Gasteiger partial charge in [0.25, 0.3) is 0 Å². The summed E-state index contributed by atoms with van der Waals surface area (Å²) in [5, 5.41) is 25.0. The van der Waals surface area contributed by atoms with Crippen molar-refractivity contribution < 1.29 is 24.6 Å². The van der Waals surface area contributed by atoms with Crippen molar-refractivity contribution in [1.29, 1.82) is 0 Å². The lowest BCUT2D eigenvalue weighted by molar-refractivity contribution is -0.128. The van der Waals surface area contributed by atoms with Crippen LogP contribution in [0.2, 0.25) is 0 Å². The Morgan fingerprint density at radius 1 is 1.02 bits per heavy atom. The molecule has 0 amide bonds. The molecule has 5 atom stereocenters. The zero-order valence-corrected chi connectivity index (χ0v) is 23.2. The van der Waals surface area contributed by atoms with Crippen molar-refractivity contribution in [3.63, 3.8) is 0 Å². The van der Waals surface area contributed by atoms with Gasteiger partial charge >= 0.3 is 0 Å². The van der Waals surface area contributed by atoms with Crippen molar-refractivity contribution in [3.05, 3.63) is 94.1 Å². The number of ether oxygens (including phenoxy) is 1. The third kappa shape index (κ3) is 4.20. The first-order valence-corrected chi connectivity index (χ1v) is 14.4. The molecule has 2 aromatic rings. The van der Waals surface area contributed by atoms with E-state index in [-0.39, 0.29) is 28.6 Å². The summed E-state index contributed by atoms with van der Waals surface area (Å²) >= 11 is 0. The van der Waals surface area contributed by atoms with Crippen LogP contribution in [0.3, 0.4) is 0 Å². The van der Waals surface area contributed by atoms with Crippen molar-refractivity contribution in [2.24, 2.45) is 22.4 Å². The summed E-state index contributed by atoms with van der Waals surface area (Å²) in [4.78, 5) is 25.4. The Bertz CT molecular complexity index is 1420. The van der Waals surface area contributed by atoms with Gasteiger partial charge in [-0.05, 0) is 73.1 Å². The van der Waals surface area contributed by atoms with E-state index >= 15 is 0 Å². The second-order valence-electron chi connectivity index (χ2n) is 12.3. The van der Waals surface area contributed by atoms with E-state index in [0.29, 0.717) is 36.0 Å². The van der Waals surface area contributed by atoms with E-state index < -0.39 is 5.60 Å². The van der Waals surface area contributed by atoms with Gasteiger partial charge in [0.1, 0.15) is 0 Å². The standard InChI is InChI=1S/C34H37NO5/c1-33-19-28(21-8-10-22(11-9-21)31(35-39)32(37)23-6-4-3-5-7-23)30-26-15-13-25(36)18-24(26)12-14-27(30)29(33)16-17-34(33,38)20-40-2/h3-11,18,27-29,38-39H,12-17,19-20H2,1-2H3/b35-31+/t27-,28+,29-,33-,34+/m0/s1. The van der Waals surface area contributed by atoms with Crippen LogP contribution in [0.25, 0.3) is 0 Å². The largest absolute Gasteiger partial charge is 0.410 e. The van der Waals surface area contributed by atoms with Crippen LogP contribution in [0.4, 0.5) is 0 Å². The summed E-state index contributed by atoms with van der Waals surface area (Å²) in [7, 11) is 1.66. The zero-order chi connectivity index (χ0) is 28.1. The minimum Gasteiger partial charge on any atom is -0.410 e. The van der Waals surface area contributed by atoms with E-state index in [0.717, 1.165) is 44.1 Å². The molecule has 208 valence electrons. The van der Waals surface area contributed by atoms with Gasteiger partial charge in [0, 0.05) is 36.0 Å². The van der Waals surface area contributed by atoms with Crippen LogP contribution in [-0.2, 0) is 9.53 Å². The van der Waals surface area contributed by atoms with Crippen LogP contribution in [0.1, 0.15) is 79.3 Å². The molecule has 4 aliphatic carbocycles. The Morgan fingerprint density at radius 3 is 2.48 bits per heavy atom. The second kappa shape index (κ2) is 10.2. The number of hydrogen-bond acceptors (Lipinski definition) is 6. The number of allylic oxidation sites excluding steroid dienone is 4. The molecule has 0 aromatic heterocycles. The number of benzene rings is 2. The molecule has 40 heavy (non-hydrogen) atoms. The lowest BCUT2D eigenvalue weighted by Gasteiger charge is -2.54. The molecule has 2 saturated carbocycles. The maximum atomic E-state index is 13.1. The van der Waals surface area contributed by atoms with Gasteiger partial charge in [0.2, 0.25) is 5.78 Å². The summed E-state index contributed by atoms with van der Waals surface area (Å²) < 4.78 is 5.55. The quantitative estimate of drug-likeness (QED) is 0.202. The third-order valence-corrected chi connectivity index (χ3v) is 10.4. The maximum Gasteiger partial charge on any atom is 0.215 e. The Hall–Kier alpha value is -3.35. The lowest BCUT2D eigenvalue weighted by Crippen LogP contribution is -2.53. The van der Waals surface area contributed by atoms with Crippen molar-refractivity contribution >= 4 is 17.3 Å². The van der Waals surface area contributed by atoms with Gasteiger partial charge in [-0.1, -0.05) is 72.2 Å². The Kier molecular flexibility index (Phi) is 6.87. The first-order chi connectivity index (χ1) is 19.3. The average molecular weight is 540 g/mol. The molecule has 2 fully saturated rings. The summed E-state index contributed by atoms with van der Waals surface area (Å²) in [6.45, 7) is 2.57. The third-order valence-electron chi connectivity index (χ3n) is 10.4. The highest BCUT2D eigenvalue weighted by molar-refractivity contribution is 6.51. The Labute approximate surface area is 235 Å². The molecule has 0 spiro atoms. The highest BCUT2D eigenvalue weighted by Gasteiger charge is 2.62. The van der Waals surface area contributed by atoms with E-state index in [2.05, 4.69) is 12.1 Å². The Balaban J connectivity index is 1.41. The molecular formula is C34H37NO5. The van der Waals surface area contributed by atoms with E-state index in [1.165, 1.54) is 16.7 Å². The highest BCUT2D eigenvalue weighted by atomic mass is 16.5. The number of fused-ring (bicyclic) bond motifs is 4. The zero-order valence-electron chi connectivity index (χ0n) is 23.2. The smallest absolute Gasteiger partial charge is 0.215 e. The van der Waals surface area contributed by atoms with E-state index in [4.69, 9.17) is 4.74 Å². The first kappa shape index (κ1) is 26.9. The molecule has 0 radical (unpaired) electrons. The van der Waals surface area contributed by atoms with Gasteiger partial charge in [0.05, 0.1) is 12.2 Å². The number of aliphatic hydroxyl groups is 1. The number of rotatable bonds is 6. The monoisotopic (exact) mass is 539 g/mol. The highest BCUT2D eigenvalue weighted by Crippen LogP contribution is 2.66. The number of Topliss-reactive ketones (excluding diaryl/α,β-unsaturated/α-hetero) is 1. The second-order valence-corrected chi connectivity index (χ2v) is 12.3. The van der Waals surface area contributed by atoms with Crippen molar-refractivity contribution in [3.8, 4) is 0 Å². The molecule has 0 bridgehead atoms. The van der Waals surface area contributed by atoms with Crippen LogP contribution in [-0.4, -0.2) is 46.9 Å². The van der Waals surface area contributed by atoms with Gasteiger partial charge in [0.15, 0.2) is 11.5 Å². The van der Waals surface area contributed by atoms with Gasteiger partial charge < -0.3 is 15.1 Å². The fraction of sp³-hybridized carbons (Fsp3) is 0.441. The fourth-order valence-electron chi connectivity index (χ4n) is 8.36. The van der Waals surface area contributed by atoms with Gasteiger partial charge in [-0.3, -0.25) is 9.59 Å². The summed E-state index contributed by atoms with van der Waals surface area (Å²) in [5.41, 5.74) is 4.93. The number of nitrogens with zero attached hydrogens (tertiary/aromatic N) is 1. The number of oxime groups is 1. The van der Waals surface area contributed by atoms with Crippen LogP contribution < -0.4 is 0 Å². The topological polar surface area (TPSA) is 96.2 Å². The van der Waals surface area contributed by atoms with E-state index in [1.54, 1.807) is 31.4 Å². The number of methoxy groups -OCH3 is 1. The minimum atomic E-state index is -0.891. The maximum absolute atomic E-state index is 13.1. The summed E-state index contributed by atoms with van der Waals surface area (Å²) in [6.07, 6.45) is 7.59. The number of hydrogen-bond donors (Lipinski definition) is 2. The molecule has 0 heterocycles. The van der Waals surface area contributed by atoms with Gasteiger partial charge in [-0.2, -0.15) is 0 Å². The van der Waals surface area contributed by atoms with Crippen molar-refractivity contribution in [2.75, 3.05) is 13.7 Å². The minimum absolute atomic E-state index is 0.00673. The van der Waals surface area contributed by atoms with E-state index in [9.17, 15) is 19.9 Å². The summed E-state index contributed by atoms with van der Waals surface area (Å²) in [5.74, 6) is 0.672. The molecule has 6 rings (SSSR count). The number of carbonyl (C=O) groups is 2.